The zero-order valence-corrected chi connectivity index (χ0v) is 11.7. The molecule has 0 unspecified atom stereocenters. The first-order valence-electron chi connectivity index (χ1n) is 6.16. The van der Waals surface area contributed by atoms with Crippen LogP contribution in [0.2, 0.25) is 0 Å². The monoisotopic (exact) mass is 273 g/mol. The van der Waals surface area contributed by atoms with Gasteiger partial charge >= 0.3 is 0 Å². The quantitative estimate of drug-likeness (QED) is 0.862. The minimum atomic E-state index is -0.140. The Morgan fingerprint density at radius 3 is 3.05 bits per heavy atom. The maximum absolute atomic E-state index is 12.4. The second kappa shape index (κ2) is 4.83. The molecule has 1 aromatic heterocycles. The predicted molar refractivity (Wildman–Crippen MR) is 78.7 cm³/mol. The maximum Gasteiger partial charge on any atom is 0.244 e. The number of pyridine rings is 1. The van der Waals surface area contributed by atoms with E-state index in [2.05, 4.69) is 22.4 Å². The molecule has 98 valence electrons. The maximum atomic E-state index is 12.4. The summed E-state index contributed by atoms with van der Waals surface area (Å²) in [6, 6.07) is 5.97. The molecule has 0 aliphatic carbocycles. The summed E-state index contributed by atoms with van der Waals surface area (Å²) in [5, 5.41) is 5.22. The molecule has 4 nitrogen and oxygen atoms in total. The van der Waals surface area contributed by atoms with Crippen molar-refractivity contribution in [2.45, 2.75) is 10.9 Å². The second-order valence-electron chi connectivity index (χ2n) is 4.56. The summed E-state index contributed by atoms with van der Waals surface area (Å²) in [4.78, 5) is 19.5. The number of aromatic nitrogens is 1. The van der Waals surface area contributed by atoms with Crippen LogP contribution in [-0.2, 0) is 4.79 Å². The molecule has 1 amide bonds. The minimum Gasteiger partial charge on any atom is -0.312 e. The molecule has 0 spiro atoms. The van der Waals surface area contributed by atoms with Crippen LogP contribution in [0.25, 0.3) is 10.8 Å². The summed E-state index contributed by atoms with van der Waals surface area (Å²) < 4.78 is 0. The summed E-state index contributed by atoms with van der Waals surface area (Å²) in [6.07, 6.45) is 3.60. The Labute approximate surface area is 116 Å². The normalized spacial score (nSPS) is 19.4. The molecule has 2 heterocycles. The van der Waals surface area contributed by atoms with Crippen LogP contribution in [0.3, 0.4) is 0 Å². The lowest BCUT2D eigenvalue weighted by atomic mass is 10.1. The number of anilines is 1. The third-order valence-corrected chi connectivity index (χ3v) is 4.61. The molecule has 0 bridgehead atoms. The smallest absolute Gasteiger partial charge is 0.244 e. The molecule has 1 atom stereocenters. The van der Waals surface area contributed by atoms with Gasteiger partial charge in [0, 0.05) is 40.9 Å². The van der Waals surface area contributed by atoms with Crippen molar-refractivity contribution in [3.05, 3.63) is 30.6 Å². The van der Waals surface area contributed by atoms with Crippen molar-refractivity contribution >= 4 is 34.1 Å². The Bertz CT molecular complexity index is 644. The van der Waals surface area contributed by atoms with Gasteiger partial charge in [-0.25, -0.2) is 0 Å². The molecule has 0 radical (unpaired) electrons. The molecule has 1 aliphatic heterocycles. The fourth-order valence-corrected chi connectivity index (χ4v) is 3.59. The summed E-state index contributed by atoms with van der Waals surface area (Å²) in [5.74, 6) is 0.863. The van der Waals surface area contributed by atoms with Gasteiger partial charge in [0.15, 0.2) is 0 Å². The molecule has 19 heavy (non-hydrogen) atoms. The Morgan fingerprint density at radius 2 is 2.26 bits per heavy atom. The van der Waals surface area contributed by atoms with Crippen LogP contribution in [0.5, 0.6) is 0 Å². The van der Waals surface area contributed by atoms with Crippen molar-refractivity contribution in [2.75, 3.05) is 24.7 Å². The van der Waals surface area contributed by atoms with Crippen molar-refractivity contribution in [1.29, 1.82) is 0 Å². The Hall–Kier alpha value is -1.59. The van der Waals surface area contributed by atoms with Crippen LogP contribution in [-0.4, -0.2) is 36.8 Å². The molecule has 1 aliphatic rings. The van der Waals surface area contributed by atoms with Gasteiger partial charge in [-0.2, -0.15) is 0 Å². The number of benzene rings is 1. The third kappa shape index (κ3) is 1.99. The van der Waals surface area contributed by atoms with Crippen LogP contribution in [0.15, 0.2) is 35.5 Å². The van der Waals surface area contributed by atoms with E-state index in [1.165, 1.54) is 0 Å². The lowest BCUT2D eigenvalue weighted by Gasteiger charge is -2.21. The van der Waals surface area contributed by atoms with Gasteiger partial charge in [-0.15, -0.1) is 11.8 Å². The molecule has 1 aromatic carbocycles. The van der Waals surface area contributed by atoms with E-state index in [1.807, 2.05) is 26.4 Å². The molecule has 0 saturated carbocycles. The number of nitrogens with one attached hydrogen (secondary N) is 1. The fourth-order valence-electron chi connectivity index (χ4n) is 2.39. The van der Waals surface area contributed by atoms with E-state index in [9.17, 15) is 4.79 Å². The molecule has 3 rings (SSSR count). The van der Waals surface area contributed by atoms with Crippen molar-refractivity contribution in [3.8, 4) is 0 Å². The number of rotatable bonds is 1. The van der Waals surface area contributed by atoms with Gasteiger partial charge in [-0.05, 0) is 19.2 Å². The van der Waals surface area contributed by atoms with Gasteiger partial charge in [0.25, 0.3) is 0 Å². The van der Waals surface area contributed by atoms with E-state index in [0.717, 1.165) is 27.1 Å². The molecule has 2 aromatic rings. The number of likely N-dealkylation sites (N-methyl/N-ethyl adjacent to an activating group) is 2. The van der Waals surface area contributed by atoms with Crippen molar-refractivity contribution in [1.82, 2.24) is 10.3 Å². The molecular weight excluding hydrogens is 258 g/mol. The van der Waals surface area contributed by atoms with Crippen LogP contribution >= 0.6 is 11.8 Å². The number of nitrogens with zero attached hydrogens (tertiary/aromatic N) is 2. The van der Waals surface area contributed by atoms with Gasteiger partial charge in [0.2, 0.25) is 5.91 Å². The number of hydrogen-bond donors (Lipinski definition) is 1. The van der Waals surface area contributed by atoms with Crippen LogP contribution in [0.4, 0.5) is 5.69 Å². The van der Waals surface area contributed by atoms with Crippen LogP contribution in [0.1, 0.15) is 0 Å². The van der Waals surface area contributed by atoms with Crippen molar-refractivity contribution in [2.24, 2.45) is 0 Å². The van der Waals surface area contributed by atoms with E-state index in [0.29, 0.717) is 0 Å². The standard InChI is InChI=1S/C14H15N3OS/c1-15-11-8-19-12-4-3-9-7-16-6-5-10(9)13(12)17(2)14(11)18/h3-7,11,15H,8H2,1-2H3/t11-/m0/s1. The summed E-state index contributed by atoms with van der Waals surface area (Å²) in [5.41, 5.74) is 0.993. The first-order valence-corrected chi connectivity index (χ1v) is 7.15. The van der Waals surface area contributed by atoms with Crippen LogP contribution in [0, 0.1) is 0 Å². The van der Waals surface area contributed by atoms with E-state index < -0.39 is 0 Å². The number of fused-ring (bicyclic) bond motifs is 3. The topological polar surface area (TPSA) is 45.2 Å². The Morgan fingerprint density at radius 1 is 1.42 bits per heavy atom. The Balaban J connectivity index is 2.22. The number of thioether (sulfide) groups is 1. The summed E-state index contributed by atoms with van der Waals surface area (Å²) in [6.45, 7) is 0. The molecule has 1 N–H and O–H groups in total. The minimum absolute atomic E-state index is 0.109. The predicted octanol–water partition coefficient (Wildman–Crippen LogP) is 1.89. The van der Waals surface area contributed by atoms with E-state index in [4.69, 9.17) is 0 Å². The van der Waals surface area contributed by atoms with Gasteiger partial charge < -0.3 is 10.2 Å². The highest BCUT2D eigenvalue weighted by Gasteiger charge is 2.28. The largest absolute Gasteiger partial charge is 0.312 e. The first-order chi connectivity index (χ1) is 9.22. The fraction of sp³-hybridized carbons (Fsp3) is 0.286. The van der Waals surface area contributed by atoms with Crippen LogP contribution < -0.4 is 10.2 Å². The third-order valence-electron chi connectivity index (χ3n) is 3.47. The highest BCUT2D eigenvalue weighted by molar-refractivity contribution is 7.99. The summed E-state index contributed by atoms with van der Waals surface area (Å²) in [7, 11) is 3.67. The highest BCUT2D eigenvalue weighted by Crippen LogP contribution is 2.38. The summed E-state index contributed by atoms with van der Waals surface area (Å²) >= 11 is 1.72. The van der Waals surface area contributed by atoms with Crippen molar-refractivity contribution < 1.29 is 4.79 Å². The first kappa shape index (κ1) is 12.4. The van der Waals surface area contributed by atoms with Crippen molar-refractivity contribution in [3.63, 3.8) is 0 Å². The highest BCUT2D eigenvalue weighted by atomic mass is 32.2. The van der Waals surface area contributed by atoms with E-state index >= 15 is 0 Å². The van der Waals surface area contributed by atoms with E-state index in [-0.39, 0.29) is 11.9 Å². The van der Waals surface area contributed by atoms with Gasteiger partial charge in [-0.3, -0.25) is 9.78 Å². The Kier molecular flexibility index (Phi) is 3.16. The number of carbonyl (C=O) groups excluding carboxylic acids is 1. The second-order valence-corrected chi connectivity index (χ2v) is 5.62. The van der Waals surface area contributed by atoms with Gasteiger partial charge in [0.1, 0.15) is 0 Å². The zero-order valence-electron chi connectivity index (χ0n) is 10.9. The molecule has 0 fully saturated rings. The SMILES string of the molecule is CN[C@H]1CSc2ccc3cnccc3c2N(C)C1=O. The van der Waals surface area contributed by atoms with Gasteiger partial charge in [0.05, 0.1) is 11.7 Å². The lowest BCUT2D eigenvalue weighted by Crippen LogP contribution is -2.44. The average Bonchev–Trinajstić information content (AvgIpc) is 2.57. The molecule has 0 saturated heterocycles. The average molecular weight is 273 g/mol. The van der Waals surface area contributed by atoms with E-state index in [1.54, 1.807) is 22.9 Å². The van der Waals surface area contributed by atoms with Gasteiger partial charge in [-0.1, -0.05) is 6.07 Å². The molecule has 5 heteroatoms. The number of hydrogen-bond acceptors (Lipinski definition) is 4. The lowest BCUT2D eigenvalue weighted by molar-refractivity contribution is -0.119. The zero-order chi connectivity index (χ0) is 13.4. The number of amides is 1. The number of carbonyl (C=O) groups is 1. The molecular formula is C14H15N3OS.